The van der Waals surface area contributed by atoms with Crippen molar-refractivity contribution in [2.75, 3.05) is 0 Å². The highest BCUT2D eigenvalue weighted by Gasteiger charge is 2.51. The minimum Gasteiger partial charge on any atom is -0.350 e. The van der Waals surface area contributed by atoms with Gasteiger partial charge >= 0.3 is 6.18 Å². The Morgan fingerprint density at radius 1 is 1.07 bits per heavy atom. The van der Waals surface area contributed by atoms with Crippen LogP contribution in [-0.2, 0) is 24.6 Å². The first-order valence-corrected chi connectivity index (χ1v) is 13.2. The summed E-state index contributed by atoms with van der Waals surface area (Å²) in [5, 5.41) is 19.1. The molecule has 5 aromatic rings. The second kappa shape index (κ2) is 10.2. The van der Waals surface area contributed by atoms with Gasteiger partial charge in [0.05, 0.1) is 28.7 Å². The number of nitrogens with zero attached hydrogens (tertiary/aromatic N) is 6. The lowest BCUT2D eigenvalue weighted by Crippen LogP contribution is -2.48. The van der Waals surface area contributed by atoms with Gasteiger partial charge in [-0.1, -0.05) is 41.9 Å². The summed E-state index contributed by atoms with van der Waals surface area (Å²) in [7, 11) is 1.67. The fourth-order valence-electron chi connectivity index (χ4n) is 4.70. The van der Waals surface area contributed by atoms with E-state index in [1.807, 2.05) is 53.1 Å². The van der Waals surface area contributed by atoms with Gasteiger partial charge in [-0.25, -0.2) is 0 Å². The maximum atomic E-state index is 13.0. The van der Waals surface area contributed by atoms with Gasteiger partial charge in [-0.2, -0.15) is 18.0 Å². The van der Waals surface area contributed by atoms with E-state index in [1.54, 1.807) is 7.05 Å². The summed E-state index contributed by atoms with van der Waals surface area (Å²) in [5.41, 5.74) is 0.540. The smallest absolute Gasteiger partial charge is 0.350 e. The van der Waals surface area contributed by atoms with Gasteiger partial charge in [0.25, 0.3) is 5.91 Å². The normalized spacial score (nSPS) is 14.1. The SMILES string of the molecule is Cn1nnc(-c2c(Cl)c3ccccc3n2-c2ccc(CNC(=O)C3(NC(=O)c4cncc(C(F)(F)F)c4)CC3)cc2)n1. The highest BCUT2D eigenvalue weighted by atomic mass is 35.5. The van der Waals surface area contributed by atoms with Crippen LogP contribution in [0.1, 0.15) is 34.3 Å². The number of alkyl halides is 3. The monoisotopic (exact) mass is 594 g/mol. The van der Waals surface area contributed by atoms with Crippen LogP contribution in [0.15, 0.2) is 67.0 Å². The lowest BCUT2D eigenvalue weighted by molar-refractivity contribution is -0.137. The summed E-state index contributed by atoms with van der Waals surface area (Å²) >= 11 is 6.75. The highest BCUT2D eigenvalue weighted by Crippen LogP contribution is 2.39. The molecule has 1 aliphatic rings. The number of fused-ring (bicyclic) bond motifs is 1. The Hall–Kier alpha value is -4.78. The van der Waals surface area contributed by atoms with Crippen LogP contribution in [-0.4, -0.2) is 47.1 Å². The highest BCUT2D eigenvalue weighted by molar-refractivity contribution is 6.38. The van der Waals surface area contributed by atoms with Gasteiger partial charge in [0.15, 0.2) is 0 Å². The molecule has 0 atom stereocenters. The van der Waals surface area contributed by atoms with E-state index in [1.165, 1.54) is 4.80 Å². The zero-order valence-corrected chi connectivity index (χ0v) is 22.7. The number of aryl methyl sites for hydroxylation is 1. The van der Waals surface area contributed by atoms with Crippen LogP contribution in [0.5, 0.6) is 0 Å². The molecular weight excluding hydrogens is 573 g/mol. The fourth-order valence-corrected chi connectivity index (χ4v) is 5.03. The number of nitrogens with one attached hydrogen (secondary N) is 2. The second-order valence-electron chi connectivity index (χ2n) is 9.96. The topological polar surface area (TPSA) is 120 Å². The number of benzene rings is 2. The molecule has 10 nitrogen and oxygen atoms in total. The molecule has 0 saturated heterocycles. The number of rotatable bonds is 7. The molecule has 2 amide bonds. The molecule has 2 N–H and O–H groups in total. The maximum Gasteiger partial charge on any atom is 0.417 e. The van der Waals surface area contributed by atoms with Crippen molar-refractivity contribution in [3.05, 3.63) is 88.7 Å². The van der Waals surface area contributed by atoms with Gasteiger partial charge in [-0.05, 0) is 47.9 Å². The van der Waals surface area contributed by atoms with Gasteiger partial charge in [0.1, 0.15) is 11.2 Å². The number of carbonyl (C=O) groups is 2. The van der Waals surface area contributed by atoms with Crippen molar-refractivity contribution in [3.8, 4) is 17.2 Å². The van der Waals surface area contributed by atoms with Crippen LogP contribution in [0.3, 0.4) is 0 Å². The molecule has 0 radical (unpaired) electrons. The van der Waals surface area contributed by atoms with Gasteiger partial charge in [0, 0.05) is 30.0 Å². The number of amides is 2. The van der Waals surface area contributed by atoms with Crippen molar-refractivity contribution in [2.24, 2.45) is 7.05 Å². The van der Waals surface area contributed by atoms with Gasteiger partial charge in [0.2, 0.25) is 11.7 Å². The first-order valence-electron chi connectivity index (χ1n) is 12.8. The van der Waals surface area contributed by atoms with E-state index in [4.69, 9.17) is 11.6 Å². The number of carbonyl (C=O) groups excluding carboxylic acids is 2. The minimum atomic E-state index is -4.64. The Balaban J connectivity index is 1.17. The molecule has 2 aromatic carbocycles. The second-order valence-corrected chi connectivity index (χ2v) is 10.3. The number of tetrazole rings is 1. The maximum absolute atomic E-state index is 13.0. The average Bonchev–Trinajstić information content (AvgIpc) is 3.54. The van der Waals surface area contributed by atoms with Gasteiger partial charge in [-0.15, -0.1) is 10.2 Å². The molecule has 6 rings (SSSR count). The molecule has 14 heteroatoms. The third-order valence-corrected chi connectivity index (χ3v) is 7.43. The zero-order chi connectivity index (χ0) is 29.6. The number of hydrogen-bond acceptors (Lipinski definition) is 6. The lowest BCUT2D eigenvalue weighted by atomic mass is 10.1. The van der Waals surface area contributed by atoms with E-state index in [-0.39, 0.29) is 12.1 Å². The molecule has 0 aliphatic heterocycles. The number of aromatic nitrogens is 6. The van der Waals surface area contributed by atoms with E-state index in [9.17, 15) is 22.8 Å². The van der Waals surface area contributed by atoms with E-state index in [0.717, 1.165) is 28.4 Å². The van der Waals surface area contributed by atoms with E-state index < -0.39 is 29.1 Å². The first-order chi connectivity index (χ1) is 20.1. The number of halogens is 4. The molecule has 3 heterocycles. The van der Waals surface area contributed by atoms with E-state index in [0.29, 0.717) is 41.6 Å². The third-order valence-electron chi connectivity index (χ3n) is 7.05. The number of hydrogen-bond donors (Lipinski definition) is 2. The quantitative estimate of drug-likeness (QED) is 0.287. The molecule has 0 unspecified atom stereocenters. The molecule has 214 valence electrons. The van der Waals surface area contributed by atoms with Crippen LogP contribution in [0, 0.1) is 0 Å². The van der Waals surface area contributed by atoms with Crippen LogP contribution in [0.4, 0.5) is 13.2 Å². The van der Waals surface area contributed by atoms with Crippen molar-refractivity contribution in [1.82, 2.24) is 40.4 Å². The number of pyridine rings is 1. The van der Waals surface area contributed by atoms with Crippen molar-refractivity contribution in [3.63, 3.8) is 0 Å². The Kier molecular flexibility index (Phi) is 6.68. The average molecular weight is 595 g/mol. The fraction of sp³-hybridized carbons (Fsp3) is 0.214. The van der Waals surface area contributed by atoms with Gasteiger partial charge in [-0.3, -0.25) is 14.6 Å². The molecular formula is C28H22ClF3N8O2. The Labute approximate surface area is 241 Å². The lowest BCUT2D eigenvalue weighted by Gasteiger charge is -2.18. The summed E-state index contributed by atoms with van der Waals surface area (Å²) in [6, 6.07) is 15.8. The molecule has 0 spiro atoms. The Morgan fingerprint density at radius 2 is 1.81 bits per heavy atom. The summed E-state index contributed by atoms with van der Waals surface area (Å²) in [6.07, 6.45) is -2.22. The predicted molar refractivity (Wildman–Crippen MR) is 147 cm³/mol. The zero-order valence-electron chi connectivity index (χ0n) is 22.0. The van der Waals surface area contributed by atoms with E-state index >= 15 is 0 Å². The largest absolute Gasteiger partial charge is 0.417 e. The van der Waals surface area contributed by atoms with Crippen LogP contribution >= 0.6 is 11.6 Å². The molecule has 1 aliphatic carbocycles. The van der Waals surface area contributed by atoms with E-state index in [2.05, 4.69) is 31.0 Å². The van der Waals surface area contributed by atoms with Crippen molar-refractivity contribution in [1.29, 1.82) is 0 Å². The summed E-state index contributed by atoms with van der Waals surface area (Å²) < 4.78 is 41.0. The summed E-state index contributed by atoms with van der Waals surface area (Å²) in [5.74, 6) is -0.844. The van der Waals surface area contributed by atoms with Crippen molar-refractivity contribution < 1.29 is 22.8 Å². The van der Waals surface area contributed by atoms with Gasteiger partial charge < -0.3 is 15.2 Å². The summed E-state index contributed by atoms with van der Waals surface area (Å²) in [4.78, 5) is 30.5. The molecule has 3 aromatic heterocycles. The van der Waals surface area contributed by atoms with Crippen molar-refractivity contribution >= 4 is 34.3 Å². The van der Waals surface area contributed by atoms with Crippen LogP contribution < -0.4 is 10.6 Å². The summed E-state index contributed by atoms with van der Waals surface area (Å²) in [6.45, 7) is 0.174. The van der Waals surface area contributed by atoms with Crippen molar-refractivity contribution in [2.45, 2.75) is 31.1 Å². The molecule has 42 heavy (non-hydrogen) atoms. The third kappa shape index (κ3) is 5.07. The molecule has 1 fully saturated rings. The Bertz CT molecular complexity index is 1830. The first kappa shape index (κ1) is 27.4. The Morgan fingerprint density at radius 3 is 2.48 bits per heavy atom. The number of para-hydroxylation sites is 1. The van der Waals surface area contributed by atoms with Crippen LogP contribution in [0.2, 0.25) is 5.02 Å². The van der Waals surface area contributed by atoms with Crippen LogP contribution in [0.25, 0.3) is 28.1 Å². The minimum absolute atomic E-state index is 0.174. The molecule has 0 bridgehead atoms. The molecule has 1 saturated carbocycles. The predicted octanol–water partition coefficient (Wildman–Crippen LogP) is 4.47. The standard InChI is InChI=1S/C28H22ClF3N8O2/c1-39-37-24(36-38-39)23-22(29)20-4-2-3-5-21(20)40(23)19-8-6-16(7-9-19)13-34-26(42)27(10-11-27)35-25(41)17-12-18(15-33-14-17)28(30,31)32/h2-9,12,14-15H,10-11,13H2,1H3,(H,34,42)(H,35,41).